The summed E-state index contributed by atoms with van der Waals surface area (Å²) < 4.78 is 11.6. The molecule has 54 heavy (non-hydrogen) atoms. The smallest absolute Gasteiger partial charge is 0.335 e. The number of ether oxygens (including phenoxy) is 2. The highest BCUT2D eigenvalue weighted by Crippen LogP contribution is 2.50. The minimum absolute atomic E-state index is 0.0530. The number of carbonyl (C=O) groups is 3. The molecule has 0 saturated carbocycles. The van der Waals surface area contributed by atoms with Crippen LogP contribution in [0.4, 0.5) is 16.2 Å². The molecule has 8 nitrogen and oxygen atoms in total. The van der Waals surface area contributed by atoms with Crippen LogP contribution in [0.2, 0.25) is 15.1 Å². The van der Waals surface area contributed by atoms with Gasteiger partial charge in [-0.1, -0.05) is 102 Å². The van der Waals surface area contributed by atoms with Crippen molar-refractivity contribution in [3.63, 3.8) is 0 Å². The van der Waals surface area contributed by atoms with Gasteiger partial charge in [-0.25, -0.2) is 9.69 Å². The zero-order valence-corrected chi connectivity index (χ0v) is 31.4. The molecule has 1 N–H and O–H groups in total. The molecule has 5 aromatic rings. The van der Waals surface area contributed by atoms with E-state index in [1.807, 2.05) is 48.5 Å². The van der Waals surface area contributed by atoms with E-state index in [-0.39, 0.29) is 40.5 Å². The van der Waals surface area contributed by atoms with E-state index in [0.717, 1.165) is 53.2 Å². The highest BCUT2D eigenvalue weighted by Gasteiger charge is 2.40. The van der Waals surface area contributed by atoms with Crippen LogP contribution >= 0.6 is 34.8 Å². The highest BCUT2D eigenvalue weighted by molar-refractivity contribution is 6.42. The summed E-state index contributed by atoms with van der Waals surface area (Å²) in [7, 11) is 1.46. The predicted octanol–water partition coefficient (Wildman–Crippen LogP) is 9.78. The minimum atomic E-state index is -0.814. The lowest BCUT2D eigenvalue weighted by molar-refractivity contribution is -0.122. The van der Waals surface area contributed by atoms with Crippen LogP contribution in [0, 0.1) is 0 Å². The number of rotatable bonds is 8. The van der Waals surface area contributed by atoms with Crippen molar-refractivity contribution in [1.29, 1.82) is 0 Å². The zero-order valence-electron chi connectivity index (χ0n) is 29.2. The van der Waals surface area contributed by atoms with Gasteiger partial charge >= 0.3 is 6.03 Å². The molecule has 5 aromatic carbocycles. The van der Waals surface area contributed by atoms with Gasteiger partial charge in [-0.3, -0.25) is 14.9 Å². The van der Waals surface area contributed by atoms with Crippen molar-refractivity contribution in [2.75, 3.05) is 30.0 Å². The number of barbiturate groups is 1. The third kappa shape index (κ3) is 6.70. The third-order valence-electron chi connectivity index (χ3n) is 10.3. The largest absolute Gasteiger partial charge is 0.493 e. The summed E-state index contributed by atoms with van der Waals surface area (Å²) in [5, 5.41) is 3.41. The second-order valence-electron chi connectivity index (χ2n) is 13.5. The monoisotopic (exact) mass is 777 g/mol. The van der Waals surface area contributed by atoms with E-state index in [9.17, 15) is 14.4 Å². The van der Waals surface area contributed by atoms with Crippen molar-refractivity contribution in [3.8, 4) is 11.5 Å². The van der Waals surface area contributed by atoms with Gasteiger partial charge in [0.05, 0.1) is 27.9 Å². The van der Waals surface area contributed by atoms with Gasteiger partial charge < -0.3 is 14.4 Å². The molecule has 0 aromatic heterocycles. The molecule has 3 heterocycles. The molecule has 1 fully saturated rings. The Balaban J connectivity index is 1.18. The van der Waals surface area contributed by atoms with Crippen molar-refractivity contribution >= 4 is 70.1 Å². The third-order valence-corrected chi connectivity index (χ3v) is 11.3. The van der Waals surface area contributed by atoms with E-state index >= 15 is 0 Å². The van der Waals surface area contributed by atoms with Crippen LogP contribution in [0.5, 0.6) is 11.5 Å². The van der Waals surface area contributed by atoms with Crippen LogP contribution in [0.25, 0.3) is 6.08 Å². The molecule has 0 aliphatic carbocycles. The first kappa shape index (κ1) is 35.7. The Morgan fingerprint density at radius 1 is 0.759 bits per heavy atom. The van der Waals surface area contributed by atoms with Gasteiger partial charge in [0.1, 0.15) is 12.2 Å². The lowest BCUT2D eigenvalue weighted by Gasteiger charge is -2.44. The Bertz CT molecular complexity index is 2260. The van der Waals surface area contributed by atoms with Crippen LogP contribution < -0.4 is 24.6 Å². The summed E-state index contributed by atoms with van der Waals surface area (Å²) >= 11 is 18.9. The number of urea groups is 1. The molecule has 1 saturated heterocycles. The number of halogens is 3. The van der Waals surface area contributed by atoms with E-state index in [0.29, 0.717) is 21.3 Å². The highest BCUT2D eigenvalue weighted by atomic mass is 35.5. The molecule has 4 amide bonds. The maximum atomic E-state index is 14.4. The van der Waals surface area contributed by atoms with Gasteiger partial charge in [0.15, 0.2) is 11.5 Å². The van der Waals surface area contributed by atoms with Crippen LogP contribution in [-0.2, 0) is 16.2 Å². The number of hydrogen-bond donors (Lipinski definition) is 1. The molecule has 8 rings (SSSR count). The number of benzene rings is 5. The normalized spacial score (nSPS) is 18.7. The first-order chi connectivity index (χ1) is 26.2. The lowest BCUT2D eigenvalue weighted by Crippen LogP contribution is -2.54. The second kappa shape index (κ2) is 14.9. The summed E-state index contributed by atoms with van der Waals surface area (Å²) in [6.07, 6.45) is 3.17. The van der Waals surface area contributed by atoms with Crippen molar-refractivity contribution in [2.45, 2.75) is 31.3 Å². The topological polar surface area (TPSA) is 88.2 Å². The SMILES string of the molecule is COc1cc(/C=C2\C(=O)NC(=O)N(c3cc4c5c(c3)[C@H](c3ccccc3)CCN5CC[C@H]4c3ccccc3)C2=O)cc(Cl)c1OCc1ccc(Cl)c(Cl)c1. The van der Waals surface area contributed by atoms with Crippen molar-refractivity contribution in [1.82, 2.24) is 5.32 Å². The fourth-order valence-corrected chi connectivity index (χ4v) is 8.37. The number of nitrogens with zero attached hydrogens (tertiary/aromatic N) is 2. The number of imide groups is 2. The average molecular weight is 779 g/mol. The Kier molecular flexibility index (Phi) is 9.83. The fourth-order valence-electron chi connectivity index (χ4n) is 7.78. The van der Waals surface area contributed by atoms with Crippen LogP contribution in [-0.4, -0.2) is 38.0 Å². The van der Waals surface area contributed by atoms with Gasteiger partial charge in [0, 0.05) is 30.6 Å². The second-order valence-corrected chi connectivity index (χ2v) is 14.7. The zero-order chi connectivity index (χ0) is 37.5. The summed E-state index contributed by atoms with van der Waals surface area (Å²) in [6, 6.07) is 32.0. The average Bonchev–Trinajstić information content (AvgIpc) is 3.18. The molecule has 3 aliphatic rings. The van der Waals surface area contributed by atoms with Gasteiger partial charge in [0.2, 0.25) is 0 Å². The summed E-state index contributed by atoms with van der Waals surface area (Å²) in [4.78, 5) is 44.8. The Hall–Kier alpha value is -5.28. The van der Waals surface area contributed by atoms with Crippen LogP contribution in [0.15, 0.2) is 109 Å². The number of methoxy groups -OCH3 is 1. The molecule has 0 bridgehead atoms. The van der Waals surface area contributed by atoms with E-state index in [1.165, 1.54) is 24.3 Å². The quantitative estimate of drug-likeness (QED) is 0.125. The molecule has 0 spiro atoms. The molecule has 11 heteroatoms. The number of anilines is 2. The molecule has 2 atom stereocenters. The van der Waals surface area contributed by atoms with E-state index in [4.69, 9.17) is 44.3 Å². The summed E-state index contributed by atoms with van der Waals surface area (Å²) in [6.45, 7) is 1.93. The first-order valence-corrected chi connectivity index (χ1v) is 18.7. The predicted molar refractivity (Wildman–Crippen MR) is 212 cm³/mol. The van der Waals surface area contributed by atoms with Gasteiger partial charge in [-0.2, -0.15) is 0 Å². The molecular weight excluding hydrogens is 745 g/mol. The van der Waals surface area contributed by atoms with Gasteiger partial charge in [-0.05, 0) is 88.7 Å². The van der Waals surface area contributed by atoms with Crippen molar-refractivity contribution in [3.05, 3.63) is 157 Å². The molecule has 3 aliphatic heterocycles. The minimum Gasteiger partial charge on any atom is -0.493 e. The fraction of sp³-hybridized carbons (Fsp3) is 0.186. The standard InChI is InChI=1S/C43H34Cl3N3O5/c1-53-38-21-26(20-37(46)40(38)54-24-25-12-13-35(44)36(45)19-25)18-34-41(50)47-43(52)49(42(34)51)29-22-32-30(27-8-4-2-5-9-27)14-16-48-17-15-31(33(23-29)39(32)48)28-10-6-3-7-11-28/h2-13,18-23,30-31H,14-17,24H2,1H3,(H,47,50,52)/b34-18+/t30-,31-/m0/s1. The van der Waals surface area contributed by atoms with Crippen molar-refractivity contribution < 1.29 is 23.9 Å². The summed E-state index contributed by atoms with van der Waals surface area (Å²) in [5.74, 6) is -0.910. The Morgan fingerprint density at radius 2 is 1.39 bits per heavy atom. The van der Waals surface area contributed by atoms with Gasteiger partial charge in [-0.15, -0.1) is 0 Å². The molecular formula is C43H34Cl3N3O5. The molecule has 0 radical (unpaired) electrons. The lowest BCUT2D eigenvalue weighted by atomic mass is 9.76. The number of hydrogen-bond acceptors (Lipinski definition) is 6. The van der Waals surface area contributed by atoms with Crippen LogP contribution in [0.3, 0.4) is 0 Å². The number of carbonyl (C=O) groups excluding carboxylic acids is 3. The number of amides is 4. The van der Waals surface area contributed by atoms with E-state index in [1.54, 1.807) is 30.3 Å². The van der Waals surface area contributed by atoms with E-state index < -0.39 is 17.8 Å². The van der Waals surface area contributed by atoms with Gasteiger partial charge in [0.25, 0.3) is 11.8 Å². The van der Waals surface area contributed by atoms with Crippen molar-refractivity contribution in [2.24, 2.45) is 0 Å². The Morgan fingerprint density at radius 3 is 1.98 bits per heavy atom. The van der Waals surface area contributed by atoms with Crippen LogP contribution in [0.1, 0.15) is 58.1 Å². The summed E-state index contributed by atoms with van der Waals surface area (Å²) in [5.41, 5.74) is 6.92. The maximum Gasteiger partial charge on any atom is 0.335 e. The van der Waals surface area contributed by atoms with E-state index in [2.05, 4.69) is 34.5 Å². The maximum absolute atomic E-state index is 14.4. The Labute approximate surface area is 327 Å². The molecule has 0 unspecified atom stereocenters. The first-order valence-electron chi connectivity index (χ1n) is 17.6. The number of nitrogens with one attached hydrogen (secondary N) is 1. The molecule has 272 valence electrons.